The molecule has 0 saturated carbocycles. The van der Waals surface area contributed by atoms with Crippen LogP contribution >= 0.6 is 24.4 Å². The van der Waals surface area contributed by atoms with Gasteiger partial charge in [-0.3, -0.25) is 14.4 Å². The van der Waals surface area contributed by atoms with Crippen molar-refractivity contribution in [3.05, 3.63) is 71.8 Å². The minimum atomic E-state index is -1.19. The van der Waals surface area contributed by atoms with E-state index in [0.29, 0.717) is 12.2 Å². The van der Waals surface area contributed by atoms with E-state index in [0.717, 1.165) is 11.1 Å². The van der Waals surface area contributed by atoms with Gasteiger partial charge in [0, 0.05) is 18.6 Å². The summed E-state index contributed by atoms with van der Waals surface area (Å²) >= 11 is 5.54. The molecule has 0 heterocycles. The molecule has 2 rings (SSSR count). The number of thiol groups is 1. The summed E-state index contributed by atoms with van der Waals surface area (Å²) in [6.45, 7) is 0. The highest BCUT2D eigenvalue weighted by Gasteiger charge is 2.30. The highest BCUT2D eigenvalue weighted by Crippen LogP contribution is 2.09. The van der Waals surface area contributed by atoms with Crippen molar-refractivity contribution in [1.82, 2.24) is 16.0 Å². The van der Waals surface area contributed by atoms with E-state index in [4.69, 9.17) is 5.73 Å². The fourth-order valence-corrected chi connectivity index (χ4v) is 4.16. The third-order valence-electron chi connectivity index (χ3n) is 5.59. The number of hydrogen-bond donors (Lipinski definition) is 6. The Hall–Kier alpha value is -3.02. The SMILES string of the molecule is CSCCC(NC(=O)C(N)CS)C(=O)NC(Cc1ccccc1)C(=O)NC(Cc1ccccc1)C(=O)O. The lowest BCUT2D eigenvalue weighted by Crippen LogP contribution is -2.58. The summed E-state index contributed by atoms with van der Waals surface area (Å²) < 4.78 is 0. The maximum Gasteiger partial charge on any atom is 0.326 e. The van der Waals surface area contributed by atoms with E-state index in [-0.39, 0.29) is 18.6 Å². The van der Waals surface area contributed by atoms with Crippen LogP contribution in [0.25, 0.3) is 0 Å². The van der Waals surface area contributed by atoms with Crippen LogP contribution in [0, 0.1) is 0 Å². The Morgan fingerprint density at radius 3 is 1.76 bits per heavy atom. The lowest BCUT2D eigenvalue weighted by Gasteiger charge is -2.25. The van der Waals surface area contributed by atoms with Crippen LogP contribution in [-0.2, 0) is 32.0 Å². The fraction of sp³-hybridized carbons (Fsp3) is 0.385. The van der Waals surface area contributed by atoms with Crippen molar-refractivity contribution < 1.29 is 24.3 Å². The summed E-state index contributed by atoms with van der Waals surface area (Å²) in [6, 6.07) is 14.0. The van der Waals surface area contributed by atoms with Gasteiger partial charge in [-0.2, -0.15) is 24.4 Å². The molecular weight excluding hydrogens is 512 g/mol. The minimum absolute atomic E-state index is 0.0853. The van der Waals surface area contributed by atoms with E-state index in [1.165, 1.54) is 11.8 Å². The number of amides is 3. The molecule has 0 radical (unpaired) electrons. The van der Waals surface area contributed by atoms with E-state index >= 15 is 0 Å². The highest BCUT2D eigenvalue weighted by atomic mass is 32.2. The lowest BCUT2D eigenvalue weighted by atomic mass is 10.0. The number of hydrogen-bond acceptors (Lipinski definition) is 7. The number of carbonyl (C=O) groups is 4. The number of benzene rings is 2. The molecule has 0 saturated heterocycles. The van der Waals surface area contributed by atoms with Crippen molar-refractivity contribution in [3.8, 4) is 0 Å². The van der Waals surface area contributed by atoms with E-state index in [1.54, 1.807) is 24.3 Å². The normalized spacial score (nSPS) is 14.0. The second kappa shape index (κ2) is 16.0. The van der Waals surface area contributed by atoms with E-state index in [9.17, 15) is 24.3 Å². The molecule has 37 heavy (non-hydrogen) atoms. The second-order valence-electron chi connectivity index (χ2n) is 8.47. The summed E-state index contributed by atoms with van der Waals surface area (Å²) in [4.78, 5) is 50.8. The van der Waals surface area contributed by atoms with Crippen molar-refractivity contribution in [2.75, 3.05) is 17.8 Å². The first kappa shape index (κ1) is 30.2. The number of aliphatic carboxylic acids is 1. The predicted molar refractivity (Wildman–Crippen MR) is 149 cm³/mol. The molecule has 0 spiro atoms. The average Bonchev–Trinajstić information content (AvgIpc) is 2.90. The molecule has 0 aromatic heterocycles. The number of carboxylic acids is 1. The molecular formula is C26H34N4O5S2. The molecule has 3 amide bonds. The molecule has 0 aliphatic heterocycles. The van der Waals surface area contributed by atoms with Gasteiger partial charge < -0.3 is 26.8 Å². The van der Waals surface area contributed by atoms with Crippen molar-refractivity contribution >= 4 is 48.1 Å². The molecule has 0 aliphatic carbocycles. The largest absolute Gasteiger partial charge is 0.480 e. The first-order chi connectivity index (χ1) is 17.7. The van der Waals surface area contributed by atoms with Crippen molar-refractivity contribution in [2.45, 2.75) is 43.4 Å². The van der Waals surface area contributed by atoms with Gasteiger partial charge in [0.15, 0.2) is 0 Å². The molecule has 2 aromatic carbocycles. The van der Waals surface area contributed by atoms with Crippen LogP contribution in [0.15, 0.2) is 60.7 Å². The van der Waals surface area contributed by atoms with Gasteiger partial charge in [0.25, 0.3) is 0 Å². The first-order valence-electron chi connectivity index (χ1n) is 11.8. The third kappa shape index (κ3) is 10.5. The molecule has 2 aromatic rings. The average molecular weight is 547 g/mol. The van der Waals surface area contributed by atoms with Gasteiger partial charge in [-0.05, 0) is 29.6 Å². The van der Waals surface area contributed by atoms with Gasteiger partial charge in [0.1, 0.15) is 18.1 Å². The minimum Gasteiger partial charge on any atom is -0.480 e. The van der Waals surface area contributed by atoms with Crippen molar-refractivity contribution in [3.63, 3.8) is 0 Å². The zero-order valence-corrected chi connectivity index (χ0v) is 22.3. The van der Waals surface area contributed by atoms with E-state index < -0.39 is 47.9 Å². The predicted octanol–water partition coefficient (Wildman–Crippen LogP) is 1.02. The summed E-state index contributed by atoms with van der Waals surface area (Å²) in [5, 5.41) is 17.6. The Kier molecular flexibility index (Phi) is 13.0. The molecule has 0 bridgehead atoms. The van der Waals surface area contributed by atoms with Crippen LogP contribution in [-0.4, -0.2) is 70.7 Å². The molecule has 9 nitrogen and oxygen atoms in total. The zero-order valence-electron chi connectivity index (χ0n) is 20.6. The maximum atomic E-state index is 13.3. The Balaban J connectivity index is 2.22. The number of nitrogens with one attached hydrogen (secondary N) is 3. The Labute approximate surface area is 226 Å². The van der Waals surface area contributed by atoms with Gasteiger partial charge >= 0.3 is 5.97 Å². The monoisotopic (exact) mass is 546 g/mol. The van der Waals surface area contributed by atoms with Gasteiger partial charge in [-0.15, -0.1) is 0 Å². The summed E-state index contributed by atoms with van der Waals surface area (Å²) in [7, 11) is 0. The van der Waals surface area contributed by atoms with Crippen LogP contribution in [0.2, 0.25) is 0 Å². The van der Waals surface area contributed by atoms with Gasteiger partial charge in [0.2, 0.25) is 17.7 Å². The number of thioether (sulfide) groups is 1. The van der Waals surface area contributed by atoms with Crippen LogP contribution in [0.5, 0.6) is 0 Å². The second-order valence-corrected chi connectivity index (χ2v) is 9.82. The molecule has 4 unspecified atom stereocenters. The Morgan fingerprint density at radius 2 is 1.27 bits per heavy atom. The topological polar surface area (TPSA) is 151 Å². The first-order valence-corrected chi connectivity index (χ1v) is 13.8. The van der Waals surface area contributed by atoms with Crippen molar-refractivity contribution in [1.29, 1.82) is 0 Å². The molecule has 200 valence electrons. The van der Waals surface area contributed by atoms with Crippen molar-refractivity contribution in [2.24, 2.45) is 5.73 Å². The molecule has 0 fully saturated rings. The molecule has 6 N–H and O–H groups in total. The molecule has 4 atom stereocenters. The van der Waals surface area contributed by atoms with Gasteiger partial charge in [-0.1, -0.05) is 60.7 Å². The highest BCUT2D eigenvalue weighted by molar-refractivity contribution is 7.98. The summed E-state index contributed by atoms with van der Waals surface area (Å²) in [5.74, 6) is -2.20. The van der Waals surface area contributed by atoms with Gasteiger partial charge in [-0.25, -0.2) is 4.79 Å². The van der Waals surface area contributed by atoms with Crippen LogP contribution in [0.3, 0.4) is 0 Å². The summed E-state index contributed by atoms with van der Waals surface area (Å²) in [5.41, 5.74) is 7.27. The smallest absolute Gasteiger partial charge is 0.326 e. The van der Waals surface area contributed by atoms with E-state index in [2.05, 4.69) is 28.6 Å². The lowest BCUT2D eigenvalue weighted by molar-refractivity contribution is -0.142. The Morgan fingerprint density at radius 1 is 0.811 bits per heavy atom. The number of rotatable bonds is 15. The Bertz CT molecular complexity index is 1030. The number of carbonyl (C=O) groups excluding carboxylic acids is 3. The fourth-order valence-electron chi connectivity index (χ4n) is 3.52. The van der Waals surface area contributed by atoms with Crippen LogP contribution in [0.1, 0.15) is 17.5 Å². The molecule has 11 heteroatoms. The number of nitrogens with two attached hydrogens (primary N) is 1. The summed E-state index contributed by atoms with van der Waals surface area (Å²) in [6.07, 6.45) is 2.42. The van der Waals surface area contributed by atoms with Gasteiger partial charge in [0.05, 0.1) is 6.04 Å². The molecule has 0 aliphatic rings. The standard InChI is InChI=1S/C26H34N4O5S2/c1-37-13-12-20(28-23(31)19(27)16-36)24(32)29-21(14-17-8-4-2-5-9-17)25(33)30-22(26(34)35)15-18-10-6-3-7-11-18/h2-11,19-22,36H,12-16,27H2,1H3,(H,28,31)(H,29,32)(H,30,33)(H,34,35). The van der Waals surface area contributed by atoms with Crippen LogP contribution < -0.4 is 21.7 Å². The number of carboxylic acid groups (broad SMARTS) is 1. The van der Waals surface area contributed by atoms with E-state index in [1.807, 2.05) is 42.7 Å². The zero-order chi connectivity index (χ0) is 27.2. The maximum absolute atomic E-state index is 13.3. The van der Waals surface area contributed by atoms with Crippen LogP contribution in [0.4, 0.5) is 0 Å². The third-order valence-corrected chi connectivity index (χ3v) is 6.63. The quantitative estimate of drug-likeness (QED) is 0.183.